The summed E-state index contributed by atoms with van der Waals surface area (Å²) in [5.74, 6) is 1.97. The van der Waals surface area contributed by atoms with Crippen LogP contribution in [0.4, 0.5) is 0 Å². The second kappa shape index (κ2) is 10.2. The van der Waals surface area contributed by atoms with Crippen LogP contribution in [0.5, 0.6) is 5.75 Å². The zero-order valence-corrected chi connectivity index (χ0v) is 17.3. The molecule has 0 unspecified atom stereocenters. The molecule has 29 heavy (non-hydrogen) atoms. The number of carbonyl (C=O) groups is 1. The van der Waals surface area contributed by atoms with Crippen molar-refractivity contribution in [2.75, 3.05) is 19.7 Å². The molecule has 1 amide bonds. The smallest absolute Gasteiger partial charge is 0.273 e. The van der Waals surface area contributed by atoms with Crippen LogP contribution in [0.2, 0.25) is 0 Å². The molecule has 1 aromatic carbocycles. The standard InChI is InChI=1S/C22H30N4O3/c1-3-4-15-29-18-7-5-17(6-8-18)21-23-22(28)19(24-25-21)9-10-20(27)26-13-11-16(2)12-14-26/h5-8,16H,3-4,9-15H2,1-2H3,(H,23,25,28). The van der Waals surface area contributed by atoms with Crippen LogP contribution in [0.3, 0.4) is 0 Å². The van der Waals surface area contributed by atoms with Crippen molar-refractivity contribution in [2.45, 2.75) is 52.4 Å². The van der Waals surface area contributed by atoms with Crippen LogP contribution < -0.4 is 10.3 Å². The van der Waals surface area contributed by atoms with E-state index in [0.29, 0.717) is 30.5 Å². The lowest BCUT2D eigenvalue weighted by Gasteiger charge is -2.30. The van der Waals surface area contributed by atoms with Gasteiger partial charge in [-0.2, -0.15) is 0 Å². The van der Waals surface area contributed by atoms with Gasteiger partial charge in [-0.05, 0) is 49.4 Å². The van der Waals surface area contributed by atoms with Crippen molar-refractivity contribution in [3.8, 4) is 17.1 Å². The summed E-state index contributed by atoms with van der Waals surface area (Å²) < 4.78 is 5.65. The minimum absolute atomic E-state index is 0.0841. The van der Waals surface area contributed by atoms with Crippen LogP contribution in [0, 0.1) is 5.92 Å². The maximum atomic E-state index is 12.4. The number of unbranched alkanes of at least 4 members (excludes halogenated alkanes) is 1. The molecular weight excluding hydrogens is 368 g/mol. The molecule has 0 radical (unpaired) electrons. The lowest BCUT2D eigenvalue weighted by Crippen LogP contribution is -2.38. The summed E-state index contributed by atoms with van der Waals surface area (Å²) in [5, 5.41) is 8.22. The Morgan fingerprint density at radius 3 is 2.59 bits per heavy atom. The van der Waals surface area contributed by atoms with Crippen LogP contribution in [-0.4, -0.2) is 45.7 Å². The number of carbonyl (C=O) groups excluding carboxylic acids is 1. The van der Waals surface area contributed by atoms with Gasteiger partial charge >= 0.3 is 0 Å². The monoisotopic (exact) mass is 398 g/mol. The van der Waals surface area contributed by atoms with Gasteiger partial charge in [0.25, 0.3) is 5.56 Å². The van der Waals surface area contributed by atoms with Crippen molar-refractivity contribution in [1.29, 1.82) is 0 Å². The first-order valence-electron chi connectivity index (χ1n) is 10.5. The number of amides is 1. The maximum Gasteiger partial charge on any atom is 0.273 e. The predicted molar refractivity (Wildman–Crippen MR) is 112 cm³/mol. The molecule has 3 rings (SSSR count). The Hall–Kier alpha value is -2.70. The highest BCUT2D eigenvalue weighted by molar-refractivity contribution is 5.76. The summed E-state index contributed by atoms with van der Waals surface area (Å²) in [6, 6.07) is 7.41. The van der Waals surface area contributed by atoms with Crippen molar-refractivity contribution in [1.82, 2.24) is 20.1 Å². The summed E-state index contributed by atoms with van der Waals surface area (Å²) in [5.41, 5.74) is 0.771. The summed E-state index contributed by atoms with van der Waals surface area (Å²) in [6.45, 7) is 6.63. The quantitative estimate of drug-likeness (QED) is 0.690. The number of aromatic amines is 1. The Labute approximate surface area is 171 Å². The van der Waals surface area contributed by atoms with Crippen LogP contribution in [0.15, 0.2) is 29.1 Å². The number of aromatic nitrogens is 3. The van der Waals surface area contributed by atoms with Gasteiger partial charge in [0.1, 0.15) is 11.4 Å². The third-order valence-corrected chi connectivity index (χ3v) is 5.37. The van der Waals surface area contributed by atoms with Crippen molar-refractivity contribution in [3.63, 3.8) is 0 Å². The number of aryl methyl sites for hydroxylation is 1. The highest BCUT2D eigenvalue weighted by atomic mass is 16.5. The Balaban J connectivity index is 1.57. The first-order chi connectivity index (χ1) is 14.1. The van der Waals surface area contributed by atoms with E-state index in [4.69, 9.17) is 4.74 Å². The van der Waals surface area contributed by atoms with Gasteiger partial charge in [-0.25, -0.2) is 0 Å². The molecule has 1 saturated heterocycles. The average Bonchev–Trinajstić information content (AvgIpc) is 2.74. The van der Waals surface area contributed by atoms with Crippen LogP contribution in [0.25, 0.3) is 11.4 Å². The molecule has 7 heteroatoms. The van der Waals surface area contributed by atoms with Gasteiger partial charge in [0.05, 0.1) is 6.61 Å². The molecule has 2 aromatic rings. The van der Waals surface area contributed by atoms with Gasteiger partial charge in [0, 0.05) is 31.5 Å². The van der Waals surface area contributed by atoms with E-state index in [9.17, 15) is 9.59 Å². The summed E-state index contributed by atoms with van der Waals surface area (Å²) >= 11 is 0. The van der Waals surface area contributed by atoms with Crippen LogP contribution in [0.1, 0.15) is 51.6 Å². The lowest BCUT2D eigenvalue weighted by atomic mass is 9.99. The van der Waals surface area contributed by atoms with Gasteiger partial charge in [-0.3, -0.25) is 9.59 Å². The van der Waals surface area contributed by atoms with Crippen molar-refractivity contribution in [2.24, 2.45) is 5.92 Å². The fourth-order valence-corrected chi connectivity index (χ4v) is 3.34. The molecule has 7 nitrogen and oxygen atoms in total. The Bertz CT molecular complexity index is 855. The zero-order chi connectivity index (χ0) is 20.6. The number of benzene rings is 1. The van der Waals surface area contributed by atoms with Crippen LogP contribution in [-0.2, 0) is 11.2 Å². The zero-order valence-electron chi connectivity index (χ0n) is 17.3. The first-order valence-corrected chi connectivity index (χ1v) is 10.5. The number of ether oxygens (including phenoxy) is 1. The third-order valence-electron chi connectivity index (χ3n) is 5.37. The maximum absolute atomic E-state index is 12.4. The van der Waals surface area contributed by atoms with Crippen molar-refractivity contribution >= 4 is 5.91 Å². The fraction of sp³-hybridized carbons (Fsp3) is 0.545. The summed E-state index contributed by atoms with van der Waals surface area (Å²) in [4.78, 5) is 29.4. The topological polar surface area (TPSA) is 88.2 Å². The van der Waals surface area contributed by atoms with E-state index in [1.165, 1.54) is 0 Å². The van der Waals surface area contributed by atoms with Gasteiger partial charge < -0.3 is 14.6 Å². The molecule has 0 atom stereocenters. The third kappa shape index (κ3) is 5.89. The first kappa shape index (κ1) is 21.0. The minimum Gasteiger partial charge on any atom is -0.494 e. The lowest BCUT2D eigenvalue weighted by molar-refractivity contribution is -0.132. The Morgan fingerprint density at radius 2 is 1.93 bits per heavy atom. The molecule has 1 aliphatic heterocycles. The minimum atomic E-state index is -0.293. The Kier molecular flexibility index (Phi) is 7.38. The van der Waals surface area contributed by atoms with Crippen molar-refractivity contribution in [3.05, 3.63) is 40.3 Å². The van der Waals surface area contributed by atoms with E-state index in [0.717, 1.165) is 50.1 Å². The van der Waals surface area contributed by atoms with Crippen molar-refractivity contribution < 1.29 is 9.53 Å². The van der Waals surface area contributed by atoms with E-state index in [1.807, 2.05) is 29.2 Å². The largest absolute Gasteiger partial charge is 0.494 e. The van der Waals surface area contributed by atoms with Crippen LogP contribution >= 0.6 is 0 Å². The molecule has 0 bridgehead atoms. The molecule has 0 saturated carbocycles. The van der Waals surface area contributed by atoms with Gasteiger partial charge in [-0.15, -0.1) is 10.2 Å². The number of H-pyrrole nitrogens is 1. The predicted octanol–water partition coefficient (Wildman–Crippen LogP) is 3.20. The SMILES string of the molecule is CCCCOc1ccc(-c2nnc(CCC(=O)N3CCC(C)CC3)c(=O)[nH]2)cc1. The molecular formula is C22H30N4O3. The van der Waals surface area contributed by atoms with E-state index < -0.39 is 0 Å². The van der Waals surface area contributed by atoms with Gasteiger partial charge in [0.2, 0.25) is 5.91 Å². The molecule has 1 aliphatic rings. The highest BCUT2D eigenvalue weighted by Gasteiger charge is 2.20. The van der Waals surface area contributed by atoms with Gasteiger partial charge in [0.15, 0.2) is 5.82 Å². The van der Waals surface area contributed by atoms with Gasteiger partial charge in [-0.1, -0.05) is 20.3 Å². The van der Waals surface area contributed by atoms with E-state index >= 15 is 0 Å². The average molecular weight is 399 g/mol. The summed E-state index contributed by atoms with van der Waals surface area (Å²) in [7, 11) is 0. The normalized spacial score (nSPS) is 14.8. The molecule has 1 aromatic heterocycles. The molecule has 0 spiro atoms. The number of likely N-dealkylation sites (tertiary alicyclic amines) is 1. The van der Waals surface area contributed by atoms with E-state index in [1.54, 1.807) is 0 Å². The number of piperidine rings is 1. The number of nitrogens with zero attached hydrogens (tertiary/aromatic N) is 3. The van der Waals surface area contributed by atoms with E-state index in [-0.39, 0.29) is 17.9 Å². The molecule has 1 N–H and O–H groups in total. The van der Waals surface area contributed by atoms with E-state index in [2.05, 4.69) is 29.0 Å². The second-order valence-corrected chi connectivity index (χ2v) is 7.74. The molecule has 156 valence electrons. The molecule has 1 fully saturated rings. The highest BCUT2D eigenvalue weighted by Crippen LogP contribution is 2.19. The molecule has 0 aliphatic carbocycles. The number of nitrogens with one attached hydrogen (secondary N) is 1. The second-order valence-electron chi connectivity index (χ2n) is 7.74. The summed E-state index contributed by atoms with van der Waals surface area (Å²) in [6.07, 6.45) is 4.78. The number of hydrogen-bond donors (Lipinski definition) is 1. The Morgan fingerprint density at radius 1 is 1.21 bits per heavy atom. The number of rotatable bonds is 8. The fourth-order valence-electron chi connectivity index (χ4n) is 3.34. The molecule has 2 heterocycles. The number of hydrogen-bond acceptors (Lipinski definition) is 5.